The molecule has 0 bridgehead atoms. The van der Waals surface area contributed by atoms with E-state index in [4.69, 9.17) is 0 Å². The maximum absolute atomic E-state index is 4.08. The summed E-state index contributed by atoms with van der Waals surface area (Å²) in [5.41, 5.74) is 0. The van der Waals surface area contributed by atoms with Crippen LogP contribution < -0.4 is 5.32 Å². The van der Waals surface area contributed by atoms with Gasteiger partial charge in [-0.2, -0.15) is 0 Å². The summed E-state index contributed by atoms with van der Waals surface area (Å²) in [5, 5.41) is 3.53. The van der Waals surface area contributed by atoms with E-state index in [9.17, 15) is 0 Å². The normalized spacial score (nSPS) is 20.3. The van der Waals surface area contributed by atoms with E-state index in [0.717, 1.165) is 18.3 Å². The molecule has 2 fully saturated rings. The number of nitrogens with zero attached hydrogens (tertiary/aromatic N) is 1. The lowest BCUT2D eigenvalue weighted by atomic mass is 9.91. The maximum Gasteiger partial charge on any atom is 0.0938 e. The molecule has 2 aliphatic rings. The summed E-state index contributed by atoms with van der Waals surface area (Å²) in [6, 6.07) is 0.676. The van der Waals surface area contributed by atoms with Crippen LogP contribution in [0.2, 0.25) is 0 Å². The van der Waals surface area contributed by atoms with E-state index in [1.165, 1.54) is 70.6 Å². The van der Waals surface area contributed by atoms with E-state index in [1.54, 1.807) is 0 Å². The third-order valence-electron chi connectivity index (χ3n) is 4.89. The molecule has 2 saturated carbocycles. The topological polar surface area (TPSA) is 15.3 Å². The first-order valence-electron chi connectivity index (χ1n) is 9.30. The van der Waals surface area contributed by atoms with Gasteiger partial charge in [-0.05, 0) is 25.2 Å². The molecule has 0 radical (unpaired) electrons. The van der Waals surface area contributed by atoms with Gasteiger partial charge in [0.15, 0.2) is 0 Å². The fourth-order valence-electron chi connectivity index (χ4n) is 3.37. The molecule has 0 aliphatic heterocycles. The van der Waals surface area contributed by atoms with Crippen LogP contribution >= 0.6 is 0 Å². The van der Waals surface area contributed by atoms with Crippen molar-refractivity contribution in [3.05, 3.63) is 12.4 Å². The van der Waals surface area contributed by atoms with Crippen LogP contribution in [0.5, 0.6) is 0 Å². The third-order valence-corrected chi connectivity index (χ3v) is 4.89. The fraction of sp³-hybridized carbons (Fsp3) is 0.895. The Bertz CT molecular complexity index is 263. The van der Waals surface area contributed by atoms with Gasteiger partial charge in [0, 0.05) is 19.6 Å². The highest BCUT2D eigenvalue weighted by molar-refractivity contribution is 4.92. The number of rotatable bonds is 5. The standard InChI is InChI=1S/C12H24N2.C7H14/c1-4-10-14(3)11(2)13-12-8-6-5-7-9-12;1-7-5-3-2-4-6-7/h12-13H,2,4-10H2,1,3H3;7H,2-6H2,1H3. The molecule has 0 aromatic heterocycles. The van der Waals surface area contributed by atoms with Crippen molar-refractivity contribution in [2.24, 2.45) is 5.92 Å². The van der Waals surface area contributed by atoms with Crippen molar-refractivity contribution in [2.75, 3.05) is 13.6 Å². The van der Waals surface area contributed by atoms with Gasteiger partial charge in [0.05, 0.1) is 5.82 Å². The molecule has 0 saturated heterocycles. The van der Waals surface area contributed by atoms with E-state index in [0.29, 0.717) is 6.04 Å². The molecule has 124 valence electrons. The monoisotopic (exact) mass is 294 g/mol. The van der Waals surface area contributed by atoms with E-state index in [2.05, 4.69) is 37.7 Å². The van der Waals surface area contributed by atoms with Crippen LogP contribution in [-0.4, -0.2) is 24.5 Å². The van der Waals surface area contributed by atoms with E-state index >= 15 is 0 Å². The summed E-state index contributed by atoms with van der Waals surface area (Å²) < 4.78 is 0. The molecule has 1 N–H and O–H groups in total. The largest absolute Gasteiger partial charge is 0.370 e. The summed E-state index contributed by atoms with van der Waals surface area (Å²) in [4.78, 5) is 2.22. The van der Waals surface area contributed by atoms with E-state index in [-0.39, 0.29) is 0 Å². The summed E-state index contributed by atoms with van der Waals surface area (Å²) in [6.07, 6.45) is 15.4. The van der Waals surface area contributed by atoms with Gasteiger partial charge in [-0.25, -0.2) is 0 Å². The zero-order valence-electron chi connectivity index (χ0n) is 14.8. The second kappa shape index (κ2) is 11.0. The van der Waals surface area contributed by atoms with Gasteiger partial charge in [-0.15, -0.1) is 0 Å². The molecule has 21 heavy (non-hydrogen) atoms. The lowest BCUT2D eigenvalue weighted by Crippen LogP contribution is -2.36. The summed E-state index contributed by atoms with van der Waals surface area (Å²) in [5.74, 6) is 2.13. The van der Waals surface area contributed by atoms with Crippen molar-refractivity contribution in [3.63, 3.8) is 0 Å². The predicted molar refractivity (Wildman–Crippen MR) is 94.3 cm³/mol. The number of nitrogens with one attached hydrogen (secondary N) is 1. The van der Waals surface area contributed by atoms with Crippen molar-refractivity contribution in [2.45, 2.75) is 90.5 Å². The molecule has 0 atom stereocenters. The highest BCUT2D eigenvalue weighted by Gasteiger charge is 2.14. The number of hydrogen-bond donors (Lipinski definition) is 1. The average molecular weight is 295 g/mol. The lowest BCUT2D eigenvalue weighted by Gasteiger charge is -2.29. The Labute approximate surface area is 133 Å². The zero-order chi connectivity index (χ0) is 15.5. The average Bonchev–Trinajstić information content (AvgIpc) is 2.50. The maximum atomic E-state index is 4.08. The minimum atomic E-state index is 0.676. The molecular formula is C19H38N2. The third kappa shape index (κ3) is 8.38. The van der Waals surface area contributed by atoms with Crippen molar-refractivity contribution >= 4 is 0 Å². The summed E-state index contributed by atoms with van der Waals surface area (Å²) in [6.45, 7) is 9.74. The molecule has 0 heterocycles. The quantitative estimate of drug-likeness (QED) is 0.739. The smallest absolute Gasteiger partial charge is 0.0938 e. The Morgan fingerprint density at radius 3 is 1.95 bits per heavy atom. The van der Waals surface area contributed by atoms with Crippen molar-refractivity contribution in [1.82, 2.24) is 10.2 Å². The van der Waals surface area contributed by atoms with Crippen molar-refractivity contribution in [1.29, 1.82) is 0 Å². The Morgan fingerprint density at radius 2 is 1.52 bits per heavy atom. The van der Waals surface area contributed by atoms with Crippen LogP contribution in [0.1, 0.15) is 84.5 Å². The van der Waals surface area contributed by atoms with Gasteiger partial charge >= 0.3 is 0 Å². The summed E-state index contributed by atoms with van der Waals surface area (Å²) >= 11 is 0. The highest BCUT2D eigenvalue weighted by atomic mass is 15.2. The van der Waals surface area contributed by atoms with Gasteiger partial charge in [-0.1, -0.05) is 71.8 Å². The SMILES string of the molecule is C=C(NC1CCCCC1)N(C)CCC.CC1CCCCC1. The zero-order valence-corrected chi connectivity index (χ0v) is 14.8. The fourth-order valence-corrected chi connectivity index (χ4v) is 3.37. The minimum absolute atomic E-state index is 0.676. The summed E-state index contributed by atoms with van der Waals surface area (Å²) in [7, 11) is 2.11. The number of hydrogen-bond acceptors (Lipinski definition) is 2. The highest BCUT2D eigenvalue weighted by Crippen LogP contribution is 2.22. The molecule has 0 unspecified atom stereocenters. The Hall–Kier alpha value is -0.660. The first-order valence-corrected chi connectivity index (χ1v) is 9.30. The van der Waals surface area contributed by atoms with Crippen LogP contribution in [0.4, 0.5) is 0 Å². The first-order chi connectivity index (χ1) is 10.1. The van der Waals surface area contributed by atoms with Crippen LogP contribution in [0.25, 0.3) is 0 Å². The van der Waals surface area contributed by atoms with Gasteiger partial charge in [0.1, 0.15) is 0 Å². The van der Waals surface area contributed by atoms with Gasteiger partial charge in [0.2, 0.25) is 0 Å². The molecule has 2 aliphatic carbocycles. The predicted octanol–water partition coefficient (Wildman–Crippen LogP) is 5.31. The van der Waals surface area contributed by atoms with Crippen molar-refractivity contribution < 1.29 is 0 Å². The molecule has 2 heteroatoms. The van der Waals surface area contributed by atoms with Crippen molar-refractivity contribution in [3.8, 4) is 0 Å². The van der Waals surface area contributed by atoms with Crippen LogP contribution in [0.15, 0.2) is 12.4 Å². The van der Waals surface area contributed by atoms with Crippen LogP contribution in [0, 0.1) is 5.92 Å². The molecule has 2 rings (SSSR count). The van der Waals surface area contributed by atoms with Gasteiger partial charge < -0.3 is 10.2 Å². The lowest BCUT2D eigenvalue weighted by molar-refractivity contribution is 0.327. The second-order valence-corrected chi connectivity index (χ2v) is 7.09. The van der Waals surface area contributed by atoms with Crippen LogP contribution in [-0.2, 0) is 0 Å². The van der Waals surface area contributed by atoms with Crippen LogP contribution in [0.3, 0.4) is 0 Å². The molecule has 0 amide bonds. The van der Waals surface area contributed by atoms with E-state index in [1.807, 2.05) is 0 Å². The van der Waals surface area contributed by atoms with Gasteiger partial charge in [-0.3, -0.25) is 0 Å². The minimum Gasteiger partial charge on any atom is -0.370 e. The molecule has 0 aromatic carbocycles. The molecule has 0 aromatic rings. The molecule has 2 nitrogen and oxygen atoms in total. The Morgan fingerprint density at radius 1 is 1.00 bits per heavy atom. The van der Waals surface area contributed by atoms with Gasteiger partial charge in [0.25, 0.3) is 0 Å². The first kappa shape index (κ1) is 18.4. The second-order valence-electron chi connectivity index (χ2n) is 7.09. The Balaban J connectivity index is 0.000000262. The molecular weight excluding hydrogens is 256 g/mol. The Kier molecular flexibility index (Phi) is 9.62. The molecule has 0 spiro atoms. The van der Waals surface area contributed by atoms with E-state index < -0.39 is 0 Å².